The van der Waals surface area contributed by atoms with E-state index in [4.69, 9.17) is 0 Å². The molecule has 5 N–H and O–H groups in total. The number of halogens is 8. The van der Waals surface area contributed by atoms with Crippen LogP contribution in [-0.4, -0.2) is 89.6 Å². The van der Waals surface area contributed by atoms with Crippen LogP contribution in [0.25, 0.3) is 10.4 Å². The second kappa shape index (κ2) is 12.2. The van der Waals surface area contributed by atoms with E-state index in [9.17, 15) is 64.0 Å². The van der Waals surface area contributed by atoms with Crippen LogP contribution >= 0.6 is 21.9 Å². The smallest absolute Gasteiger partial charge is 0.388 e. The van der Waals surface area contributed by atoms with Gasteiger partial charge >= 0.3 is 12.4 Å². The lowest BCUT2D eigenvalue weighted by Gasteiger charge is -2.43. The van der Waals surface area contributed by atoms with E-state index >= 15 is 0 Å². The van der Waals surface area contributed by atoms with E-state index in [0.29, 0.717) is 30.2 Å². The van der Waals surface area contributed by atoms with Crippen molar-refractivity contribution in [3.63, 3.8) is 0 Å². The predicted octanol–water partition coefficient (Wildman–Crippen LogP) is 5.69. The summed E-state index contributed by atoms with van der Waals surface area (Å²) >= 11 is 0.382. The van der Waals surface area contributed by atoms with Gasteiger partial charge in [-0.15, -0.1) is 11.3 Å². The number of carbonyl (C=O) groups is 2. The first-order valence-electron chi connectivity index (χ1n) is 13.4. The standard InChI is InChI=1S/C26H29F8N3O6S2/c1-13-3-2-8-37(13)22(39)17-18(44-21(36-17)20(38)35-12-23(40)6-9-45(42,43)10-7-23)15-5-4-14(11-16(15)19(27)28)24(41,25(29,30)31)26(32,33)34/h4-5,11,13,19,40-43H,2-3,6-10,12H2,1H3,(H,35,38)/t13-/m0/s1. The van der Waals surface area contributed by atoms with Crippen LogP contribution < -0.4 is 5.32 Å². The predicted molar refractivity (Wildman–Crippen MR) is 147 cm³/mol. The third kappa shape index (κ3) is 6.92. The van der Waals surface area contributed by atoms with Crippen LogP contribution in [0.5, 0.6) is 0 Å². The fraction of sp³-hybridized carbons (Fsp3) is 0.577. The molecule has 2 saturated heterocycles. The van der Waals surface area contributed by atoms with Gasteiger partial charge in [0.05, 0.1) is 10.5 Å². The minimum Gasteiger partial charge on any atom is -0.388 e. The zero-order chi connectivity index (χ0) is 33.8. The molecule has 0 unspecified atom stereocenters. The van der Waals surface area contributed by atoms with Crippen LogP contribution in [0.4, 0.5) is 35.1 Å². The van der Waals surface area contributed by atoms with Crippen molar-refractivity contribution in [2.24, 2.45) is 0 Å². The van der Waals surface area contributed by atoms with Crippen molar-refractivity contribution in [1.29, 1.82) is 0 Å². The maximum Gasteiger partial charge on any atom is 0.430 e. The molecule has 1 aromatic heterocycles. The molecule has 1 aromatic carbocycles. The SMILES string of the molecule is C[C@H]1CCCN1C(=O)c1nc(C(=O)NCC2(O)CCS(O)(O)CC2)sc1-c1ccc(C(O)(C(F)(F)F)C(F)(F)F)cc1C(F)F. The number of carbonyl (C=O) groups excluding carboxylic acids is 2. The molecule has 1 atom stereocenters. The molecule has 3 heterocycles. The molecule has 0 bridgehead atoms. The maximum atomic E-state index is 14.3. The third-order valence-electron chi connectivity index (χ3n) is 7.97. The zero-order valence-corrected chi connectivity index (χ0v) is 25.0. The average molecular weight is 696 g/mol. The van der Waals surface area contributed by atoms with Crippen LogP contribution in [0, 0.1) is 0 Å². The lowest BCUT2D eigenvalue weighted by Crippen LogP contribution is -2.54. The largest absolute Gasteiger partial charge is 0.430 e. The minimum atomic E-state index is -6.34. The lowest BCUT2D eigenvalue weighted by atomic mass is 9.89. The van der Waals surface area contributed by atoms with Gasteiger partial charge in [-0.05, 0) is 38.7 Å². The van der Waals surface area contributed by atoms with Crippen LogP contribution in [0.3, 0.4) is 0 Å². The molecule has 19 heteroatoms. The third-order valence-corrected chi connectivity index (χ3v) is 10.8. The quantitative estimate of drug-likeness (QED) is 0.234. The highest BCUT2D eigenvalue weighted by Crippen LogP contribution is 2.51. The van der Waals surface area contributed by atoms with Gasteiger partial charge in [-0.3, -0.25) is 18.7 Å². The Balaban J connectivity index is 1.77. The number of benzene rings is 1. The summed E-state index contributed by atoms with van der Waals surface area (Å²) in [7, 11) is -2.87. The van der Waals surface area contributed by atoms with E-state index in [0.717, 1.165) is 0 Å². The minimum absolute atomic E-state index is 0.0678. The Morgan fingerprint density at radius 1 is 1.13 bits per heavy atom. The highest BCUT2D eigenvalue weighted by molar-refractivity contribution is 8.24. The highest BCUT2D eigenvalue weighted by atomic mass is 32.3. The molecule has 0 radical (unpaired) electrons. The van der Waals surface area contributed by atoms with Gasteiger partial charge in [-0.2, -0.15) is 36.9 Å². The Hall–Kier alpha value is -2.58. The molecule has 0 saturated carbocycles. The van der Waals surface area contributed by atoms with Gasteiger partial charge in [0.15, 0.2) is 5.01 Å². The molecule has 2 aliphatic heterocycles. The number of alkyl halides is 8. The number of nitrogens with zero attached hydrogens (tertiary/aromatic N) is 2. The normalized spacial score (nSPS) is 21.2. The second-order valence-corrected chi connectivity index (χ2v) is 14.5. The number of hydrogen-bond donors (Lipinski definition) is 5. The van der Waals surface area contributed by atoms with E-state index in [1.165, 1.54) is 4.90 Å². The molecule has 2 amide bonds. The molecule has 0 aliphatic carbocycles. The van der Waals surface area contributed by atoms with Gasteiger partial charge in [0.1, 0.15) is 5.69 Å². The van der Waals surface area contributed by atoms with Crippen LogP contribution in [0.1, 0.15) is 70.4 Å². The summed E-state index contributed by atoms with van der Waals surface area (Å²) in [6.45, 7) is 1.54. The number of rotatable bonds is 7. The molecular formula is C26H29F8N3O6S2. The first-order chi connectivity index (χ1) is 20.6. The van der Waals surface area contributed by atoms with Crippen molar-refractivity contribution in [3.05, 3.63) is 40.0 Å². The lowest BCUT2D eigenvalue weighted by molar-refractivity contribution is -0.376. The van der Waals surface area contributed by atoms with Gasteiger partial charge in [0, 0.05) is 47.3 Å². The number of hydrogen-bond acceptors (Lipinski definition) is 8. The Morgan fingerprint density at radius 2 is 1.73 bits per heavy atom. The van der Waals surface area contributed by atoms with Crippen LogP contribution in [0.2, 0.25) is 0 Å². The van der Waals surface area contributed by atoms with Crippen molar-refractivity contribution in [1.82, 2.24) is 15.2 Å². The average Bonchev–Trinajstić information content (AvgIpc) is 3.58. The van der Waals surface area contributed by atoms with Crippen molar-refractivity contribution in [2.45, 2.75) is 68.6 Å². The summed E-state index contributed by atoms with van der Waals surface area (Å²) in [6, 6.07) is 0.164. The summed E-state index contributed by atoms with van der Waals surface area (Å²) < 4.78 is 129. The molecule has 45 heavy (non-hydrogen) atoms. The van der Waals surface area contributed by atoms with Crippen molar-refractivity contribution >= 4 is 33.7 Å². The summed E-state index contributed by atoms with van der Waals surface area (Å²) in [4.78, 5) is 31.5. The molecule has 2 fully saturated rings. The number of thiazole rings is 1. The van der Waals surface area contributed by atoms with Crippen molar-refractivity contribution in [2.75, 3.05) is 24.6 Å². The fourth-order valence-electron chi connectivity index (χ4n) is 5.21. The molecular weight excluding hydrogens is 666 g/mol. The van der Waals surface area contributed by atoms with Crippen LogP contribution in [-0.2, 0) is 5.60 Å². The molecule has 9 nitrogen and oxygen atoms in total. The van der Waals surface area contributed by atoms with Gasteiger partial charge in [0.25, 0.3) is 23.8 Å². The maximum absolute atomic E-state index is 14.3. The van der Waals surface area contributed by atoms with Gasteiger partial charge < -0.3 is 20.4 Å². The Morgan fingerprint density at radius 3 is 2.24 bits per heavy atom. The zero-order valence-electron chi connectivity index (χ0n) is 23.4. The van der Waals surface area contributed by atoms with Crippen molar-refractivity contribution < 1.29 is 64.0 Å². The van der Waals surface area contributed by atoms with E-state index in [1.807, 2.05) is 0 Å². The van der Waals surface area contributed by atoms with E-state index < -0.39 is 84.7 Å². The van der Waals surface area contributed by atoms with Crippen molar-refractivity contribution in [3.8, 4) is 10.4 Å². The Labute approximate surface area is 256 Å². The van der Waals surface area contributed by atoms with Gasteiger partial charge in [0.2, 0.25) is 0 Å². The first-order valence-corrected chi connectivity index (χ1v) is 16.1. The fourth-order valence-corrected chi connectivity index (χ4v) is 7.85. The van der Waals surface area contributed by atoms with E-state index in [2.05, 4.69) is 10.3 Å². The molecule has 2 aliphatic rings. The van der Waals surface area contributed by atoms with Gasteiger partial charge in [-0.25, -0.2) is 13.8 Å². The number of nitrogens with one attached hydrogen (secondary N) is 1. The summed E-state index contributed by atoms with van der Waals surface area (Å²) in [5.41, 5.74) is -11.5. The molecule has 2 aromatic rings. The second-order valence-electron chi connectivity index (χ2n) is 11.1. The topological polar surface area (TPSA) is 143 Å². The number of amides is 2. The molecule has 4 rings (SSSR count). The number of likely N-dealkylation sites (tertiary alicyclic amines) is 1. The van der Waals surface area contributed by atoms with Crippen LogP contribution in [0.15, 0.2) is 18.2 Å². The summed E-state index contributed by atoms with van der Waals surface area (Å²) in [5, 5.41) is 22.4. The van der Waals surface area contributed by atoms with E-state index in [-0.39, 0.29) is 55.6 Å². The Bertz CT molecular complexity index is 1420. The Kier molecular flexibility index (Phi) is 9.58. The van der Waals surface area contributed by atoms with E-state index in [1.54, 1.807) is 6.92 Å². The number of aliphatic hydroxyl groups is 2. The summed E-state index contributed by atoms with van der Waals surface area (Å²) in [6.07, 6.45) is -15.3. The molecule has 252 valence electrons. The highest BCUT2D eigenvalue weighted by Gasteiger charge is 2.71. The number of aromatic nitrogens is 1. The van der Waals surface area contributed by atoms with Gasteiger partial charge in [-0.1, -0.05) is 12.1 Å². The monoisotopic (exact) mass is 695 g/mol. The summed E-state index contributed by atoms with van der Waals surface area (Å²) in [5.74, 6) is -2.01. The first kappa shape index (κ1) is 35.3. The molecule has 0 spiro atoms.